The monoisotopic (exact) mass is 419 g/mol. The Morgan fingerprint density at radius 3 is 2.50 bits per heavy atom. The number of nitrogens with one attached hydrogen (secondary N) is 3. The molecule has 0 atom stereocenters. The first-order valence-corrected chi connectivity index (χ1v) is 10.3. The van der Waals surface area contributed by atoms with Gasteiger partial charge in [0.15, 0.2) is 0 Å². The standard InChI is InChI=1S/C20H22ClN3O3S/c1-11(2)10-22-19(26)14-6-5-13(9-15(14)21)23-20(27)16-7-8-17(28-16)24-18(25)12-3-4-12/h5-9,11-12H,3-4,10H2,1-2H3,(H,22,26)(H,23,27)(H,24,25). The predicted molar refractivity (Wildman–Crippen MR) is 112 cm³/mol. The van der Waals surface area contributed by atoms with Crippen LogP contribution in [0.25, 0.3) is 0 Å². The molecule has 3 amide bonds. The number of hydrogen-bond acceptors (Lipinski definition) is 4. The lowest BCUT2D eigenvalue weighted by Crippen LogP contribution is -2.27. The molecule has 0 spiro atoms. The van der Waals surface area contributed by atoms with Crippen LogP contribution >= 0.6 is 22.9 Å². The molecule has 1 saturated carbocycles. The quantitative estimate of drug-likeness (QED) is 0.622. The Morgan fingerprint density at radius 1 is 1.11 bits per heavy atom. The van der Waals surface area contributed by atoms with E-state index in [0.29, 0.717) is 33.6 Å². The highest BCUT2D eigenvalue weighted by Gasteiger charge is 2.29. The smallest absolute Gasteiger partial charge is 0.265 e. The van der Waals surface area contributed by atoms with Crippen molar-refractivity contribution in [2.24, 2.45) is 11.8 Å². The van der Waals surface area contributed by atoms with Crippen molar-refractivity contribution in [3.63, 3.8) is 0 Å². The average molecular weight is 420 g/mol. The lowest BCUT2D eigenvalue weighted by molar-refractivity contribution is -0.117. The second-order valence-electron chi connectivity index (χ2n) is 7.18. The first-order chi connectivity index (χ1) is 13.3. The fourth-order valence-electron chi connectivity index (χ4n) is 2.46. The zero-order chi connectivity index (χ0) is 20.3. The van der Waals surface area contributed by atoms with Crippen molar-refractivity contribution in [1.82, 2.24) is 5.32 Å². The summed E-state index contributed by atoms with van der Waals surface area (Å²) < 4.78 is 0. The van der Waals surface area contributed by atoms with Crippen molar-refractivity contribution in [2.45, 2.75) is 26.7 Å². The molecule has 1 aromatic heterocycles. The molecular weight excluding hydrogens is 398 g/mol. The van der Waals surface area contributed by atoms with Gasteiger partial charge in [0.2, 0.25) is 5.91 Å². The van der Waals surface area contributed by atoms with E-state index in [1.54, 1.807) is 30.3 Å². The first-order valence-electron chi connectivity index (χ1n) is 9.13. The van der Waals surface area contributed by atoms with E-state index in [1.165, 1.54) is 11.3 Å². The Balaban J connectivity index is 1.61. The van der Waals surface area contributed by atoms with E-state index in [4.69, 9.17) is 11.6 Å². The van der Waals surface area contributed by atoms with Gasteiger partial charge in [-0.25, -0.2) is 0 Å². The normalized spacial score (nSPS) is 13.3. The van der Waals surface area contributed by atoms with Crippen LogP contribution in [0.3, 0.4) is 0 Å². The van der Waals surface area contributed by atoms with Crippen LogP contribution in [0.1, 0.15) is 46.7 Å². The Morgan fingerprint density at radius 2 is 1.86 bits per heavy atom. The minimum absolute atomic E-state index is 0.00641. The molecule has 2 aromatic rings. The maximum Gasteiger partial charge on any atom is 0.265 e. The topological polar surface area (TPSA) is 87.3 Å². The molecule has 0 unspecified atom stereocenters. The largest absolute Gasteiger partial charge is 0.352 e. The molecule has 0 aliphatic heterocycles. The molecule has 1 heterocycles. The number of anilines is 2. The van der Waals surface area contributed by atoms with E-state index in [0.717, 1.165) is 12.8 Å². The van der Waals surface area contributed by atoms with Crippen LogP contribution in [-0.2, 0) is 4.79 Å². The predicted octanol–water partition coefficient (Wildman–Crippen LogP) is 4.39. The molecule has 1 aliphatic rings. The number of carbonyl (C=O) groups is 3. The number of benzene rings is 1. The summed E-state index contributed by atoms with van der Waals surface area (Å²) in [6.45, 7) is 4.58. The molecule has 28 heavy (non-hydrogen) atoms. The maximum atomic E-state index is 12.4. The van der Waals surface area contributed by atoms with E-state index >= 15 is 0 Å². The van der Waals surface area contributed by atoms with Crippen molar-refractivity contribution in [3.05, 3.63) is 45.8 Å². The lowest BCUT2D eigenvalue weighted by Gasteiger charge is -2.10. The minimum atomic E-state index is -0.301. The molecule has 0 bridgehead atoms. The van der Waals surface area contributed by atoms with Gasteiger partial charge < -0.3 is 16.0 Å². The van der Waals surface area contributed by atoms with Gasteiger partial charge in [0.05, 0.1) is 20.5 Å². The summed E-state index contributed by atoms with van der Waals surface area (Å²) in [5.41, 5.74) is 0.855. The number of carbonyl (C=O) groups excluding carboxylic acids is 3. The van der Waals surface area contributed by atoms with Gasteiger partial charge in [-0.3, -0.25) is 14.4 Å². The second kappa shape index (κ2) is 8.75. The van der Waals surface area contributed by atoms with Gasteiger partial charge >= 0.3 is 0 Å². The van der Waals surface area contributed by atoms with E-state index in [1.807, 2.05) is 13.8 Å². The molecule has 8 heteroatoms. The van der Waals surface area contributed by atoms with Gasteiger partial charge in [0.25, 0.3) is 11.8 Å². The van der Waals surface area contributed by atoms with E-state index in [2.05, 4.69) is 16.0 Å². The van der Waals surface area contributed by atoms with Gasteiger partial charge in [-0.1, -0.05) is 25.4 Å². The first kappa shape index (κ1) is 20.4. The van der Waals surface area contributed by atoms with Gasteiger partial charge in [-0.15, -0.1) is 11.3 Å². The van der Waals surface area contributed by atoms with Crippen molar-refractivity contribution in [3.8, 4) is 0 Å². The molecule has 0 radical (unpaired) electrons. The summed E-state index contributed by atoms with van der Waals surface area (Å²) in [7, 11) is 0. The molecule has 148 valence electrons. The van der Waals surface area contributed by atoms with Crippen LogP contribution in [0, 0.1) is 11.8 Å². The van der Waals surface area contributed by atoms with Crippen LogP contribution in [0.15, 0.2) is 30.3 Å². The number of thiophene rings is 1. The van der Waals surface area contributed by atoms with Crippen molar-refractivity contribution in [2.75, 3.05) is 17.2 Å². The fraction of sp³-hybridized carbons (Fsp3) is 0.350. The van der Waals surface area contributed by atoms with Crippen LogP contribution in [-0.4, -0.2) is 24.3 Å². The average Bonchev–Trinajstić information content (AvgIpc) is 3.39. The highest BCUT2D eigenvalue weighted by Crippen LogP contribution is 2.32. The lowest BCUT2D eigenvalue weighted by atomic mass is 10.1. The molecule has 0 saturated heterocycles. The van der Waals surface area contributed by atoms with Gasteiger partial charge in [0.1, 0.15) is 0 Å². The number of hydrogen-bond donors (Lipinski definition) is 3. The third-order valence-electron chi connectivity index (χ3n) is 4.17. The Hall–Kier alpha value is -2.38. The summed E-state index contributed by atoms with van der Waals surface area (Å²) in [6.07, 6.45) is 1.85. The summed E-state index contributed by atoms with van der Waals surface area (Å²) >= 11 is 7.42. The molecule has 1 fully saturated rings. The Bertz CT molecular complexity index is 906. The Labute approximate surface area is 172 Å². The molecule has 1 aromatic carbocycles. The number of rotatable bonds is 7. The highest BCUT2D eigenvalue weighted by atomic mass is 35.5. The van der Waals surface area contributed by atoms with Crippen LogP contribution < -0.4 is 16.0 Å². The minimum Gasteiger partial charge on any atom is -0.352 e. The zero-order valence-electron chi connectivity index (χ0n) is 15.7. The SMILES string of the molecule is CC(C)CNC(=O)c1ccc(NC(=O)c2ccc(NC(=O)C3CC3)s2)cc1Cl. The van der Waals surface area contributed by atoms with Gasteiger partial charge in [-0.2, -0.15) is 0 Å². The number of halogens is 1. The van der Waals surface area contributed by atoms with Crippen molar-refractivity contribution in [1.29, 1.82) is 0 Å². The third-order valence-corrected chi connectivity index (χ3v) is 5.48. The number of amides is 3. The van der Waals surface area contributed by atoms with Gasteiger partial charge in [-0.05, 0) is 49.1 Å². The van der Waals surface area contributed by atoms with E-state index < -0.39 is 0 Å². The molecule has 3 rings (SSSR count). The molecule has 1 aliphatic carbocycles. The maximum absolute atomic E-state index is 12.4. The second-order valence-corrected chi connectivity index (χ2v) is 8.67. The van der Waals surface area contributed by atoms with Crippen LogP contribution in [0.5, 0.6) is 0 Å². The summed E-state index contributed by atoms with van der Waals surface area (Å²) in [6, 6.07) is 8.15. The zero-order valence-corrected chi connectivity index (χ0v) is 17.2. The van der Waals surface area contributed by atoms with Crippen molar-refractivity contribution >= 4 is 51.3 Å². The van der Waals surface area contributed by atoms with Crippen molar-refractivity contribution < 1.29 is 14.4 Å². The Kier molecular flexibility index (Phi) is 6.36. The fourth-order valence-corrected chi connectivity index (χ4v) is 3.53. The highest BCUT2D eigenvalue weighted by molar-refractivity contribution is 7.18. The van der Waals surface area contributed by atoms with Crippen LogP contribution in [0.2, 0.25) is 5.02 Å². The molecule has 6 nitrogen and oxygen atoms in total. The van der Waals surface area contributed by atoms with Crippen LogP contribution in [0.4, 0.5) is 10.7 Å². The summed E-state index contributed by atoms with van der Waals surface area (Å²) in [5, 5.41) is 9.31. The van der Waals surface area contributed by atoms with E-state index in [9.17, 15) is 14.4 Å². The third kappa shape index (κ3) is 5.33. The van der Waals surface area contributed by atoms with Gasteiger partial charge in [0, 0.05) is 18.2 Å². The molecule has 3 N–H and O–H groups in total. The molecular formula is C20H22ClN3O3S. The summed E-state index contributed by atoms with van der Waals surface area (Å²) in [4.78, 5) is 36.9. The van der Waals surface area contributed by atoms with E-state index in [-0.39, 0.29) is 28.7 Å². The summed E-state index contributed by atoms with van der Waals surface area (Å²) in [5.74, 6) is -0.0911.